The Balaban J connectivity index is 2.16. The Hall–Kier alpha value is -2.18. The molecule has 1 N–H and O–H groups in total. The summed E-state index contributed by atoms with van der Waals surface area (Å²) in [5, 5.41) is 2.85. The van der Waals surface area contributed by atoms with Crippen molar-refractivity contribution in [3.8, 4) is 0 Å². The van der Waals surface area contributed by atoms with Crippen molar-refractivity contribution in [1.29, 1.82) is 0 Å². The Kier molecular flexibility index (Phi) is 8.00. The normalized spacial score (nSPS) is 11.5. The average molecular weight is 389 g/mol. The molecule has 0 aliphatic heterocycles. The molecule has 146 valence electrons. The Morgan fingerprint density at radius 2 is 1.74 bits per heavy atom. The van der Waals surface area contributed by atoms with Crippen molar-refractivity contribution in [3.63, 3.8) is 0 Å². The lowest BCUT2D eigenvalue weighted by Gasteiger charge is -2.21. The number of carbonyl (C=O) groups excluding carboxylic acids is 1. The molecule has 0 heterocycles. The molecule has 2 aromatic rings. The van der Waals surface area contributed by atoms with Crippen molar-refractivity contribution in [2.75, 3.05) is 13.1 Å². The molecule has 0 bridgehead atoms. The van der Waals surface area contributed by atoms with Gasteiger partial charge in [0.1, 0.15) is 0 Å². The van der Waals surface area contributed by atoms with Gasteiger partial charge in [-0.2, -0.15) is 4.31 Å². The highest BCUT2D eigenvalue weighted by atomic mass is 32.2. The molecular weight excluding hydrogens is 360 g/mol. The minimum absolute atomic E-state index is 0.140. The molecule has 2 rings (SSSR count). The molecule has 2 aromatic carbocycles. The predicted octanol–water partition coefficient (Wildman–Crippen LogP) is 3.82. The van der Waals surface area contributed by atoms with Gasteiger partial charge in [-0.3, -0.25) is 4.79 Å². The predicted molar refractivity (Wildman–Crippen MR) is 108 cm³/mol. The van der Waals surface area contributed by atoms with Gasteiger partial charge in [0.25, 0.3) is 5.91 Å². The van der Waals surface area contributed by atoms with E-state index in [9.17, 15) is 13.2 Å². The van der Waals surface area contributed by atoms with Gasteiger partial charge in [-0.15, -0.1) is 0 Å². The summed E-state index contributed by atoms with van der Waals surface area (Å²) in [5.41, 5.74) is 1.29. The van der Waals surface area contributed by atoms with Crippen LogP contribution in [0.4, 0.5) is 0 Å². The molecule has 0 aliphatic carbocycles. The third-order valence-corrected chi connectivity index (χ3v) is 6.27. The highest BCUT2D eigenvalue weighted by Gasteiger charge is 2.24. The average Bonchev–Trinajstić information content (AvgIpc) is 2.70. The quantitative estimate of drug-likeness (QED) is 0.629. The summed E-state index contributed by atoms with van der Waals surface area (Å²) in [7, 11) is -3.68. The monoisotopic (exact) mass is 388 g/mol. The summed E-state index contributed by atoms with van der Waals surface area (Å²) in [4.78, 5) is 12.4. The molecule has 0 spiro atoms. The van der Waals surface area contributed by atoms with Gasteiger partial charge in [0.15, 0.2) is 0 Å². The van der Waals surface area contributed by atoms with Crippen molar-refractivity contribution in [3.05, 3.63) is 65.7 Å². The van der Waals surface area contributed by atoms with E-state index < -0.39 is 10.0 Å². The van der Waals surface area contributed by atoms with Crippen molar-refractivity contribution in [2.24, 2.45) is 0 Å². The van der Waals surface area contributed by atoms with Crippen molar-refractivity contribution in [2.45, 2.75) is 44.6 Å². The maximum atomic E-state index is 13.0. The highest BCUT2D eigenvalue weighted by Crippen LogP contribution is 2.19. The number of hydrogen-bond donors (Lipinski definition) is 1. The summed E-state index contributed by atoms with van der Waals surface area (Å²) < 4.78 is 27.5. The number of carbonyl (C=O) groups is 1. The van der Waals surface area contributed by atoms with Gasteiger partial charge in [0, 0.05) is 25.2 Å². The van der Waals surface area contributed by atoms with Gasteiger partial charge >= 0.3 is 0 Å². The molecule has 0 saturated carbocycles. The number of hydrogen-bond acceptors (Lipinski definition) is 3. The molecule has 0 saturated heterocycles. The number of benzene rings is 2. The standard InChI is InChI=1S/C21H28N2O3S/c1-3-5-9-15-22-21(24)19-13-10-14-20(16-19)27(25,26)23(4-2)17-18-11-7-6-8-12-18/h6-8,10-14,16H,3-5,9,15,17H2,1-2H3,(H,22,24). The summed E-state index contributed by atoms with van der Waals surface area (Å²) in [5.74, 6) is -0.241. The van der Waals surface area contributed by atoms with Gasteiger partial charge in [0.05, 0.1) is 4.90 Å². The lowest BCUT2D eigenvalue weighted by atomic mass is 10.2. The minimum Gasteiger partial charge on any atom is -0.352 e. The molecule has 5 nitrogen and oxygen atoms in total. The van der Waals surface area contributed by atoms with Crippen LogP contribution < -0.4 is 5.32 Å². The first-order valence-electron chi connectivity index (χ1n) is 9.41. The Bertz CT molecular complexity index is 836. The smallest absolute Gasteiger partial charge is 0.251 e. The molecule has 6 heteroatoms. The minimum atomic E-state index is -3.68. The largest absolute Gasteiger partial charge is 0.352 e. The third-order valence-electron chi connectivity index (χ3n) is 4.35. The lowest BCUT2D eigenvalue weighted by molar-refractivity contribution is 0.0952. The van der Waals surface area contributed by atoms with Gasteiger partial charge in [-0.1, -0.05) is 63.1 Å². The van der Waals surface area contributed by atoms with Gasteiger partial charge in [-0.25, -0.2) is 8.42 Å². The Morgan fingerprint density at radius 3 is 2.41 bits per heavy atom. The van der Waals surface area contributed by atoms with Crippen LogP contribution in [0.3, 0.4) is 0 Å². The molecule has 0 atom stereocenters. The van der Waals surface area contributed by atoms with Crippen LogP contribution >= 0.6 is 0 Å². The maximum absolute atomic E-state index is 13.0. The second-order valence-electron chi connectivity index (χ2n) is 6.41. The molecule has 0 fully saturated rings. The zero-order valence-electron chi connectivity index (χ0n) is 16.0. The zero-order chi connectivity index (χ0) is 19.7. The fourth-order valence-electron chi connectivity index (χ4n) is 2.78. The molecule has 1 amide bonds. The highest BCUT2D eigenvalue weighted by molar-refractivity contribution is 7.89. The van der Waals surface area contributed by atoms with Crippen molar-refractivity contribution >= 4 is 15.9 Å². The number of sulfonamides is 1. The Labute approximate surface area is 162 Å². The molecule has 0 aromatic heterocycles. The molecule has 0 unspecified atom stereocenters. The first-order valence-corrected chi connectivity index (χ1v) is 10.9. The molecule has 0 radical (unpaired) electrons. The van der Waals surface area contributed by atoms with E-state index >= 15 is 0 Å². The molecule has 27 heavy (non-hydrogen) atoms. The summed E-state index contributed by atoms with van der Waals surface area (Å²) in [6.07, 6.45) is 3.05. The van der Waals surface area contributed by atoms with Crippen LogP contribution in [0.2, 0.25) is 0 Å². The maximum Gasteiger partial charge on any atom is 0.251 e. The van der Waals surface area contributed by atoms with E-state index in [4.69, 9.17) is 0 Å². The number of unbranched alkanes of at least 4 members (excludes halogenated alkanes) is 2. The van der Waals surface area contributed by atoms with Crippen LogP contribution in [-0.4, -0.2) is 31.7 Å². The fourth-order valence-corrected chi connectivity index (χ4v) is 4.26. The van der Waals surface area contributed by atoms with E-state index in [0.29, 0.717) is 25.2 Å². The molecule has 0 aliphatic rings. The SMILES string of the molecule is CCCCCNC(=O)c1cccc(S(=O)(=O)N(CC)Cc2ccccc2)c1. The first-order chi connectivity index (χ1) is 13.0. The van der Waals surface area contributed by atoms with Gasteiger partial charge in [-0.05, 0) is 30.2 Å². The lowest BCUT2D eigenvalue weighted by Crippen LogP contribution is -2.31. The molecular formula is C21H28N2O3S. The van der Waals surface area contributed by atoms with Crippen LogP contribution in [0.25, 0.3) is 0 Å². The Morgan fingerprint density at radius 1 is 1.00 bits per heavy atom. The second-order valence-corrected chi connectivity index (χ2v) is 8.35. The van der Waals surface area contributed by atoms with Gasteiger partial charge < -0.3 is 5.32 Å². The van der Waals surface area contributed by atoms with Crippen LogP contribution in [0.1, 0.15) is 49.0 Å². The number of nitrogens with one attached hydrogen (secondary N) is 1. The second kappa shape index (κ2) is 10.2. The van der Waals surface area contributed by atoms with E-state index in [0.717, 1.165) is 24.8 Å². The van der Waals surface area contributed by atoms with E-state index in [1.165, 1.54) is 16.4 Å². The summed E-state index contributed by atoms with van der Waals surface area (Å²) in [6.45, 7) is 5.16. The van der Waals surface area contributed by atoms with E-state index in [-0.39, 0.29) is 10.8 Å². The number of rotatable bonds is 10. The summed E-state index contributed by atoms with van der Waals surface area (Å²) in [6, 6.07) is 15.7. The van der Waals surface area contributed by atoms with E-state index in [1.54, 1.807) is 12.1 Å². The van der Waals surface area contributed by atoms with Crippen LogP contribution in [0.15, 0.2) is 59.5 Å². The third kappa shape index (κ3) is 5.91. The topological polar surface area (TPSA) is 66.5 Å². The number of nitrogens with zero attached hydrogens (tertiary/aromatic N) is 1. The van der Waals surface area contributed by atoms with Crippen LogP contribution in [0.5, 0.6) is 0 Å². The van der Waals surface area contributed by atoms with Crippen LogP contribution in [0, 0.1) is 0 Å². The van der Waals surface area contributed by atoms with E-state index in [1.807, 2.05) is 37.3 Å². The number of amides is 1. The summed E-state index contributed by atoms with van der Waals surface area (Å²) >= 11 is 0. The van der Waals surface area contributed by atoms with Crippen molar-refractivity contribution in [1.82, 2.24) is 9.62 Å². The van der Waals surface area contributed by atoms with Crippen LogP contribution in [-0.2, 0) is 16.6 Å². The first kappa shape index (κ1) is 21.1. The van der Waals surface area contributed by atoms with Crippen molar-refractivity contribution < 1.29 is 13.2 Å². The zero-order valence-corrected chi connectivity index (χ0v) is 16.8. The fraction of sp³-hybridized carbons (Fsp3) is 0.381. The van der Waals surface area contributed by atoms with Gasteiger partial charge in [0.2, 0.25) is 10.0 Å². The van der Waals surface area contributed by atoms with E-state index in [2.05, 4.69) is 12.2 Å².